The molecule has 0 spiro atoms. The fourth-order valence-corrected chi connectivity index (χ4v) is 3.80. The average Bonchev–Trinajstić information content (AvgIpc) is 3.18. The zero-order chi connectivity index (χ0) is 18.5. The zero-order valence-corrected chi connectivity index (χ0v) is 15.6. The van der Waals surface area contributed by atoms with E-state index in [1.165, 1.54) is 0 Å². The predicted octanol–water partition coefficient (Wildman–Crippen LogP) is 2.95. The number of carbonyl (C=O) groups is 1. The quantitative estimate of drug-likeness (QED) is 0.753. The van der Waals surface area contributed by atoms with Gasteiger partial charge in [-0.15, -0.1) is 11.3 Å². The Morgan fingerprint density at radius 1 is 1.11 bits per heavy atom. The highest BCUT2D eigenvalue weighted by atomic mass is 32.1. The van der Waals surface area contributed by atoms with Gasteiger partial charge in [0.15, 0.2) is 5.82 Å². The van der Waals surface area contributed by atoms with E-state index in [0.29, 0.717) is 18.9 Å². The molecular formula is C19H20N6OS. The molecule has 8 heteroatoms. The molecule has 0 radical (unpaired) electrons. The van der Waals surface area contributed by atoms with Crippen LogP contribution in [0.3, 0.4) is 0 Å². The minimum absolute atomic E-state index is 0.129. The van der Waals surface area contributed by atoms with Gasteiger partial charge in [-0.25, -0.2) is 14.8 Å². The Hall–Kier alpha value is -2.84. The highest BCUT2D eigenvalue weighted by molar-refractivity contribution is 7.13. The van der Waals surface area contributed by atoms with Crippen LogP contribution in [0, 0.1) is 0 Å². The second-order valence-electron chi connectivity index (χ2n) is 6.29. The molecule has 0 bridgehead atoms. The SMILES string of the molecule is O=C(Nc1cnccn1)N1CCN(Cc2csc(-c3ccccc3)n2)CC1. The summed E-state index contributed by atoms with van der Waals surface area (Å²) < 4.78 is 0. The standard InChI is InChI=1S/C19H20N6OS/c26-19(23-17-12-20-6-7-21-17)25-10-8-24(9-11-25)13-16-14-27-18(22-16)15-4-2-1-3-5-15/h1-7,12,14H,8-11,13H2,(H,21,23,26). The van der Waals surface area contributed by atoms with E-state index in [1.54, 1.807) is 29.9 Å². The van der Waals surface area contributed by atoms with Crippen LogP contribution in [0.25, 0.3) is 10.6 Å². The molecule has 4 rings (SSSR count). The van der Waals surface area contributed by atoms with Crippen LogP contribution in [0.15, 0.2) is 54.3 Å². The molecule has 138 valence electrons. The van der Waals surface area contributed by atoms with Crippen LogP contribution in [0.1, 0.15) is 5.69 Å². The van der Waals surface area contributed by atoms with Crippen LogP contribution in [0.5, 0.6) is 0 Å². The van der Waals surface area contributed by atoms with Gasteiger partial charge in [0.2, 0.25) is 0 Å². The summed E-state index contributed by atoms with van der Waals surface area (Å²) in [4.78, 5) is 29.2. The minimum atomic E-state index is -0.129. The van der Waals surface area contributed by atoms with Gasteiger partial charge in [-0.1, -0.05) is 30.3 Å². The fourth-order valence-electron chi connectivity index (χ4n) is 2.98. The molecular weight excluding hydrogens is 360 g/mol. The van der Waals surface area contributed by atoms with Crippen molar-refractivity contribution in [2.45, 2.75) is 6.54 Å². The van der Waals surface area contributed by atoms with Crippen LogP contribution < -0.4 is 5.32 Å². The maximum atomic E-state index is 12.3. The van der Waals surface area contributed by atoms with Crippen LogP contribution in [-0.2, 0) is 6.54 Å². The third-order valence-corrected chi connectivity index (χ3v) is 5.36. The molecule has 2 amide bonds. The number of urea groups is 1. The van der Waals surface area contributed by atoms with Gasteiger partial charge in [0, 0.05) is 56.1 Å². The summed E-state index contributed by atoms with van der Waals surface area (Å²) in [5.74, 6) is 0.473. The van der Waals surface area contributed by atoms with E-state index in [-0.39, 0.29) is 6.03 Å². The van der Waals surface area contributed by atoms with Crippen LogP contribution in [0.4, 0.5) is 10.6 Å². The summed E-state index contributed by atoms with van der Waals surface area (Å²) in [5, 5.41) is 5.95. The van der Waals surface area contributed by atoms with Crippen molar-refractivity contribution in [1.29, 1.82) is 0 Å². The summed E-state index contributed by atoms with van der Waals surface area (Å²) in [7, 11) is 0. The van der Waals surface area contributed by atoms with Gasteiger partial charge in [-0.2, -0.15) is 0 Å². The molecule has 3 aromatic rings. The zero-order valence-electron chi connectivity index (χ0n) is 14.8. The summed E-state index contributed by atoms with van der Waals surface area (Å²) in [5.41, 5.74) is 2.23. The van der Waals surface area contributed by atoms with Crippen molar-refractivity contribution < 1.29 is 4.79 Å². The summed E-state index contributed by atoms with van der Waals surface area (Å²) >= 11 is 1.67. The Morgan fingerprint density at radius 2 is 1.93 bits per heavy atom. The molecule has 1 aromatic carbocycles. The summed E-state index contributed by atoms with van der Waals surface area (Å²) in [6.45, 7) is 3.82. The Morgan fingerprint density at radius 3 is 2.67 bits per heavy atom. The van der Waals surface area contributed by atoms with E-state index in [2.05, 4.69) is 37.7 Å². The van der Waals surface area contributed by atoms with Gasteiger partial charge in [0.05, 0.1) is 11.9 Å². The highest BCUT2D eigenvalue weighted by Crippen LogP contribution is 2.24. The first-order valence-electron chi connectivity index (χ1n) is 8.82. The largest absolute Gasteiger partial charge is 0.323 e. The molecule has 1 aliphatic rings. The number of piperazine rings is 1. The van der Waals surface area contributed by atoms with Crippen molar-refractivity contribution in [3.63, 3.8) is 0 Å². The van der Waals surface area contributed by atoms with Crippen molar-refractivity contribution in [2.24, 2.45) is 0 Å². The smallest absolute Gasteiger partial charge is 0.322 e. The first-order chi connectivity index (χ1) is 13.3. The molecule has 1 fully saturated rings. The van der Waals surface area contributed by atoms with Crippen LogP contribution >= 0.6 is 11.3 Å². The van der Waals surface area contributed by atoms with E-state index in [4.69, 9.17) is 4.98 Å². The number of thiazole rings is 1. The van der Waals surface area contributed by atoms with Crippen molar-refractivity contribution >= 4 is 23.2 Å². The van der Waals surface area contributed by atoms with E-state index >= 15 is 0 Å². The lowest BCUT2D eigenvalue weighted by molar-refractivity contribution is 0.142. The number of nitrogens with one attached hydrogen (secondary N) is 1. The molecule has 27 heavy (non-hydrogen) atoms. The number of anilines is 1. The van der Waals surface area contributed by atoms with E-state index < -0.39 is 0 Å². The molecule has 1 aliphatic heterocycles. The van der Waals surface area contributed by atoms with Gasteiger partial charge in [0.25, 0.3) is 0 Å². The van der Waals surface area contributed by atoms with E-state index in [1.807, 2.05) is 23.1 Å². The van der Waals surface area contributed by atoms with Gasteiger partial charge >= 0.3 is 6.03 Å². The average molecular weight is 380 g/mol. The third-order valence-electron chi connectivity index (χ3n) is 4.42. The molecule has 1 N–H and O–H groups in total. The third kappa shape index (κ3) is 4.47. The molecule has 0 aliphatic carbocycles. The van der Waals surface area contributed by atoms with E-state index in [9.17, 15) is 4.79 Å². The number of hydrogen-bond donors (Lipinski definition) is 1. The van der Waals surface area contributed by atoms with Gasteiger partial charge in [-0.05, 0) is 0 Å². The monoisotopic (exact) mass is 380 g/mol. The predicted molar refractivity (Wildman–Crippen MR) is 105 cm³/mol. The number of aromatic nitrogens is 3. The second kappa shape index (κ2) is 8.24. The Balaban J connectivity index is 1.28. The first kappa shape index (κ1) is 17.6. The molecule has 0 saturated carbocycles. The Kier molecular flexibility index (Phi) is 5.36. The maximum absolute atomic E-state index is 12.3. The van der Waals surface area contributed by atoms with Crippen molar-refractivity contribution in [3.8, 4) is 10.6 Å². The normalized spacial score (nSPS) is 14.9. The summed E-state index contributed by atoms with van der Waals surface area (Å²) in [6, 6.07) is 10.1. The summed E-state index contributed by atoms with van der Waals surface area (Å²) in [6.07, 6.45) is 4.68. The van der Waals surface area contributed by atoms with Gasteiger partial charge < -0.3 is 4.90 Å². The number of hydrogen-bond acceptors (Lipinski definition) is 6. The molecule has 0 atom stereocenters. The Labute approximate surface area is 161 Å². The molecule has 7 nitrogen and oxygen atoms in total. The molecule has 3 heterocycles. The number of carbonyl (C=O) groups excluding carboxylic acids is 1. The highest BCUT2D eigenvalue weighted by Gasteiger charge is 2.22. The van der Waals surface area contributed by atoms with Gasteiger partial charge in [-0.3, -0.25) is 15.2 Å². The second-order valence-corrected chi connectivity index (χ2v) is 7.15. The number of benzene rings is 1. The van der Waals surface area contributed by atoms with Crippen molar-refractivity contribution in [1.82, 2.24) is 24.8 Å². The van der Waals surface area contributed by atoms with Crippen molar-refractivity contribution in [2.75, 3.05) is 31.5 Å². The topological polar surface area (TPSA) is 74.2 Å². The Bertz CT molecular complexity index is 877. The van der Waals surface area contributed by atoms with Gasteiger partial charge in [0.1, 0.15) is 5.01 Å². The lowest BCUT2D eigenvalue weighted by Crippen LogP contribution is -2.49. The lowest BCUT2D eigenvalue weighted by Gasteiger charge is -2.34. The number of amides is 2. The van der Waals surface area contributed by atoms with E-state index in [0.717, 1.165) is 35.9 Å². The molecule has 0 unspecified atom stereocenters. The lowest BCUT2D eigenvalue weighted by atomic mass is 10.2. The van der Waals surface area contributed by atoms with Crippen LogP contribution in [-0.4, -0.2) is 57.0 Å². The van der Waals surface area contributed by atoms with Crippen LogP contribution in [0.2, 0.25) is 0 Å². The number of rotatable bonds is 4. The molecule has 2 aromatic heterocycles. The number of nitrogens with zero attached hydrogens (tertiary/aromatic N) is 5. The minimum Gasteiger partial charge on any atom is -0.322 e. The first-order valence-corrected chi connectivity index (χ1v) is 9.70. The fraction of sp³-hybridized carbons (Fsp3) is 0.263. The molecule has 1 saturated heterocycles. The van der Waals surface area contributed by atoms with Crippen molar-refractivity contribution in [3.05, 3.63) is 60.0 Å². The maximum Gasteiger partial charge on any atom is 0.323 e.